The molecule has 1 fully saturated rings. The Balaban J connectivity index is 2.05. The minimum Gasteiger partial charge on any atom is -0.496 e. The lowest BCUT2D eigenvalue weighted by Gasteiger charge is -2.26. The fourth-order valence-corrected chi connectivity index (χ4v) is 4.96. The molecule has 100 valence electrons. The molecule has 1 heterocycles. The van der Waals surface area contributed by atoms with Gasteiger partial charge in [-0.1, -0.05) is 11.6 Å². The zero-order valence-electron chi connectivity index (χ0n) is 10.3. The molecule has 0 aliphatic carbocycles. The first-order valence-corrected chi connectivity index (χ1v) is 8.48. The third-order valence-electron chi connectivity index (χ3n) is 2.94. The summed E-state index contributed by atoms with van der Waals surface area (Å²) in [6, 6.07) is 5.54. The Morgan fingerprint density at radius 1 is 1.50 bits per heavy atom. The monoisotopic (exact) mass is 304 g/mol. The van der Waals surface area contributed by atoms with Crippen molar-refractivity contribution in [2.24, 2.45) is 0 Å². The standard InChI is InChI=1S/C13H17ClO2S2/c1-16-12-3-2-10(14)6-9(12)7-11(15)13-8-17-4-5-18-13/h2-3,6,11,13,15H,4-5,7-8H2,1H3. The van der Waals surface area contributed by atoms with Gasteiger partial charge in [-0.05, 0) is 23.8 Å². The number of hydrogen-bond donors (Lipinski definition) is 1. The van der Waals surface area contributed by atoms with Crippen molar-refractivity contribution in [2.75, 3.05) is 24.4 Å². The molecule has 0 aromatic heterocycles. The fourth-order valence-electron chi connectivity index (χ4n) is 1.99. The van der Waals surface area contributed by atoms with E-state index in [2.05, 4.69) is 0 Å². The lowest BCUT2D eigenvalue weighted by atomic mass is 10.0. The number of ether oxygens (including phenoxy) is 1. The molecule has 0 bridgehead atoms. The maximum Gasteiger partial charge on any atom is 0.122 e. The smallest absolute Gasteiger partial charge is 0.122 e. The fraction of sp³-hybridized carbons (Fsp3) is 0.538. The number of benzene rings is 1. The van der Waals surface area contributed by atoms with E-state index in [1.807, 2.05) is 41.7 Å². The van der Waals surface area contributed by atoms with Crippen molar-refractivity contribution in [1.82, 2.24) is 0 Å². The van der Waals surface area contributed by atoms with Gasteiger partial charge in [0.25, 0.3) is 0 Å². The molecule has 1 N–H and O–H groups in total. The highest BCUT2D eigenvalue weighted by Gasteiger charge is 2.23. The van der Waals surface area contributed by atoms with Gasteiger partial charge in [-0.2, -0.15) is 23.5 Å². The first-order chi connectivity index (χ1) is 8.70. The maximum atomic E-state index is 10.3. The van der Waals surface area contributed by atoms with E-state index in [1.165, 1.54) is 5.75 Å². The summed E-state index contributed by atoms with van der Waals surface area (Å²) in [5.41, 5.74) is 0.980. The van der Waals surface area contributed by atoms with E-state index in [0.29, 0.717) is 16.7 Å². The zero-order valence-corrected chi connectivity index (χ0v) is 12.7. The van der Waals surface area contributed by atoms with Crippen LogP contribution >= 0.6 is 35.1 Å². The minimum absolute atomic E-state index is 0.312. The molecule has 0 radical (unpaired) electrons. The molecule has 5 heteroatoms. The molecule has 2 atom stereocenters. The van der Waals surface area contributed by atoms with E-state index < -0.39 is 0 Å². The lowest BCUT2D eigenvalue weighted by Crippen LogP contribution is -2.30. The van der Waals surface area contributed by atoms with Gasteiger partial charge in [-0.3, -0.25) is 0 Å². The molecule has 2 nitrogen and oxygen atoms in total. The molecule has 0 saturated carbocycles. The Hall–Kier alpha value is -0.0300. The van der Waals surface area contributed by atoms with Crippen LogP contribution in [0.4, 0.5) is 0 Å². The molecule has 1 aromatic rings. The summed E-state index contributed by atoms with van der Waals surface area (Å²) < 4.78 is 5.31. The van der Waals surface area contributed by atoms with Crippen LogP contribution in [0.3, 0.4) is 0 Å². The van der Waals surface area contributed by atoms with E-state index in [9.17, 15) is 5.11 Å². The Morgan fingerprint density at radius 2 is 2.33 bits per heavy atom. The molecule has 0 amide bonds. The number of methoxy groups -OCH3 is 1. The Bertz CT molecular complexity index is 395. The highest BCUT2D eigenvalue weighted by atomic mass is 35.5. The second-order valence-electron chi connectivity index (χ2n) is 4.21. The van der Waals surface area contributed by atoms with Crippen LogP contribution in [-0.4, -0.2) is 40.8 Å². The molecule has 2 unspecified atom stereocenters. The summed E-state index contributed by atoms with van der Waals surface area (Å²) in [7, 11) is 1.64. The Morgan fingerprint density at radius 3 is 3.00 bits per heavy atom. The van der Waals surface area contributed by atoms with Crippen LogP contribution in [0.15, 0.2) is 18.2 Å². The summed E-state index contributed by atoms with van der Waals surface area (Å²) in [4.78, 5) is 0. The highest BCUT2D eigenvalue weighted by Crippen LogP contribution is 2.30. The second-order valence-corrected chi connectivity index (χ2v) is 7.15. The quantitative estimate of drug-likeness (QED) is 0.925. The molecular formula is C13H17ClO2S2. The SMILES string of the molecule is COc1ccc(Cl)cc1CC(O)C1CSCCS1. The summed E-state index contributed by atoms with van der Waals surface area (Å²) >= 11 is 9.78. The zero-order chi connectivity index (χ0) is 13.0. The predicted octanol–water partition coefficient (Wildman–Crippen LogP) is 3.10. The summed E-state index contributed by atoms with van der Waals surface area (Å²) in [6.07, 6.45) is 0.261. The summed E-state index contributed by atoms with van der Waals surface area (Å²) in [6.45, 7) is 0. The largest absolute Gasteiger partial charge is 0.496 e. The lowest BCUT2D eigenvalue weighted by molar-refractivity contribution is 0.176. The van der Waals surface area contributed by atoms with Crippen molar-refractivity contribution < 1.29 is 9.84 Å². The van der Waals surface area contributed by atoms with E-state index in [-0.39, 0.29) is 6.10 Å². The number of hydrogen-bond acceptors (Lipinski definition) is 4. The number of aliphatic hydroxyl groups is 1. The third kappa shape index (κ3) is 3.73. The average Bonchev–Trinajstić information content (AvgIpc) is 2.40. The number of thioether (sulfide) groups is 2. The Kier molecular flexibility index (Phi) is 5.55. The van der Waals surface area contributed by atoms with Crippen LogP contribution in [0.25, 0.3) is 0 Å². The van der Waals surface area contributed by atoms with Gasteiger partial charge in [-0.25, -0.2) is 0 Å². The van der Waals surface area contributed by atoms with Gasteiger partial charge in [0.2, 0.25) is 0 Å². The summed E-state index contributed by atoms with van der Waals surface area (Å²) in [5.74, 6) is 4.13. The first-order valence-electron chi connectivity index (χ1n) is 5.90. The van der Waals surface area contributed by atoms with Crippen molar-refractivity contribution in [3.05, 3.63) is 28.8 Å². The number of aliphatic hydroxyl groups excluding tert-OH is 1. The predicted molar refractivity (Wildman–Crippen MR) is 81.3 cm³/mol. The minimum atomic E-state index is -0.338. The third-order valence-corrected chi connectivity index (χ3v) is 6.08. The average molecular weight is 305 g/mol. The van der Waals surface area contributed by atoms with Crippen molar-refractivity contribution >= 4 is 35.1 Å². The first kappa shape index (κ1) is 14.4. The van der Waals surface area contributed by atoms with Crippen LogP contribution < -0.4 is 4.74 Å². The van der Waals surface area contributed by atoms with Crippen molar-refractivity contribution in [3.8, 4) is 5.75 Å². The van der Waals surface area contributed by atoms with E-state index in [1.54, 1.807) is 7.11 Å². The van der Waals surface area contributed by atoms with E-state index >= 15 is 0 Å². The van der Waals surface area contributed by atoms with E-state index in [4.69, 9.17) is 16.3 Å². The van der Waals surface area contributed by atoms with Crippen LogP contribution in [0, 0.1) is 0 Å². The molecule has 1 aliphatic rings. The number of halogens is 1. The van der Waals surface area contributed by atoms with Crippen molar-refractivity contribution in [1.29, 1.82) is 0 Å². The van der Waals surface area contributed by atoms with Gasteiger partial charge < -0.3 is 9.84 Å². The molecule has 0 spiro atoms. The summed E-state index contributed by atoms with van der Waals surface area (Å²) in [5, 5.41) is 11.3. The van der Waals surface area contributed by atoms with Crippen LogP contribution in [0.5, 0.6) is 5.75 Å². The maximum absolute atomic E-state index is 10.3. The van der Waals surface area contributed by atoms with Crippen LogP contribution in [0.1, 0.15) is 5.56 Å². The van der Waals surface area contributed by atoms with Gasteiger partial charge in [0.05, 0.1) is 13.2 Å². The molecule has 2 rings (SSSR count). The second kappa shape index (κ2) is 6.94. The highest BCUT2D eigenvalue weighted by molar-refractivity contribution is 8.06. The molecule has 18 heavy (non-hydrogen) atoms. The van der Waals surface area contributed by atoms with Gasteiger partial charge in [0, 0.05) is 34.0 Å². The van der Waals surface area contributed by atoms with Gasteiger partial charge in [0.1, 0.15) is 5.75 Å². The molecule has 1 saturated heterocycles. The van der Waals surface area contributed by atoms with Gasteiger partial charge >= 0.3 is 0 Å². The van der Waals surface area contributed by atoms with Crippen molar-refractivity contribution in [2.45, 2.75) is 17.8 Å². The van der Waals surface area contributed by atoms with Crippen LogP contribution in [0.2, 0.25) is 5.02 Å². The topological polar surface area (TPSA) is 29.5 Å². The van der Waals surface area contributed by atoms with Crippen LogP contribution in [-0.2, 0) is 6.42 Å². The molecule has 1 aromatic carbocycles. The number of rotatable bonds is 4. The van der Waals surface area contributed by atoms with Gasteiger partial charge in [-0.15, -0.1) is 0 Å². The Labute approximate surface area is 121 Å². The molecule has 1 aliphatic heterocycles. The normalized spacial score (nSPS) is 21.6. The van der Waals surface area contributed by atoms with E-state index in [0.717, 1.165) is 22.8 Å². The van der Waals surface area contributed by atoms with Crippen molar-refractivity contribution in [3.63, 3.8) is 0 Å². The van der Waals surface area contributed by atoms with Gasteiger partial charge in [0.15, 0.2) is 0 Å². The molecular weight excluding hydrogens is 288 g/mol.